The van der Waals surface area contributed by atoms with Crippen molar-refractivity contribution >= 4 is 16.7 Å². The van der Waals surface area contributed by atoms with Gasteiger partial charge in [0.2, 0.25) is 0 Å². The number of nitrogens with one attached hydrogen (secondary N) is 2. The summed E-state index contributed by atoms with van der Waals surface area (Å²) in [5.74, 6) is 5.49. The maximum absolute atomic E-state index is 12.6. The average molecular weight is 735 g/mol. The first-order chi connectivity index (χ1) is 26.1. The summed E-state index contributed by atoms with van der Waals surface area (Å²) < 4.78 is 8.20. The number of benzene rings is 3. The Morgan fingerprint density at radius 3 is 2.65 bits per heavy atom. The molecule has 9 N–H and O–H groups in total. The molecule has 0 fully saturated rings. The number of ether oxygens (including phenoxy) is 1. The number of hydrogen-bond donors (Lipinski definition) is 8. The normalized spacial score (nSPS) is 17.1. The van der Waals surface area contributed by atoms with Gasteiger partial charge < -0.3 is 45.6 Å². The number of aliphatic hydroxyl groups excluding tert-OH is 3. The molecule has 0 saturated carbocycles. The molecule has 1 aliphatic heterocycles. The molecule has 0 spiro atoms. The number of aromatic nitrogens is 2. The highest BCUT2D eigenvalue weighted by Gasteiger charge is 2.22. The molecular weight excluding hydrogens is 684 g/mol. The molecule has 11 heteroatoms. The van der Waals surface area contributed by atoms with Gasteiger partial charge in [-0.25, -0.2) is 0 Å². The van der Waals surface area contributed by atoms with Crippen molar-refractivity contribution in [2.45, 2.75) is 95.4 Å². The van der Waals surface area contributed by atoms with Crippen LogP contribution in [0.5, 0.6) is 17.2 Å². The number of aromatic amines is 1. The predicted molar refractivity (Wildman–Crippen MR) is 207 cm³/mol. The van der Waals surface area contributed by atoms with Gasteiger partial charge in [0.1, 0.15) is 17.6 Å². The lowest BCUT2D eigenvalue weighted by atomic mass is 9.94. The van der Waals surface area contributed by atoms with E-state index in [4.69, 9.17) is 10.5 Å². The molecule has 0 amide bonds. The van der Waals surface area contributed by atoms with Crippen LogP contribution in [0.2, 0.25) is 0 Å². The van der Waals surface area contributed by atoms with Crippen molar-refractivity contribution < 1.29 is 35.1 Å². The number of Topliss-reactive ketones (excluding diaryl/α,β-unsaturated/α-hetero) is 1. The third-order valence-electron chi connectivity index (χ3n) is 9.99. The molecule has 0 aliphatic carbocycles. The highest BCUT2D eigenvalue weighted by atomic mass is 16.5. The van der Waals surface area contributed by atoms with Gasteiger partial charge in [0.25, 0.3) is 0 Å². The Balaban J connectivity index is 1.18. The zero-order chi connectivity index (χ0) is 38.2. The molecule has 0 saturated heterocycles. The first kappa shape index (κ1) is 38.6. The molecule has 54 heavy (non-hydrogen) atoms. The van der Waals surface area contributed by atoms with Crippen LogP contribution >= 0.6 is 0 Å². The van der Waals surface area contributed by atoms with E-state index >= 15 is 0 Å². The number of nitrogens with two attached hydrogens (primary N) is 1. The monoisotopic (exact) mass is 734 g/mol. The van der Waals surface area contributed by atoms with Crippen molar-refractivity contribution in [2.24, 2.45) is 5.73 Å². The Morgan fingerprint density at radius 2 is 1.85 bits per heavy atom. The average Bonchev–Trinajstić information content (AvgIpc) is 3.73. The molecule has 5 atom stereocenters. The number of aromatic hydroxyl groups is 2. The van der Waals surface area contributed by atoms with Gasteiger partial charge in [-0.05, 0) is 65.1 Å². The fraction of sp³-hybridized carbons (Fsp3) is 0.372. The summed E-state index contributed by atoms with van der Waals surface area (Å²) in [6, 6.07) is 18.8. The number of carbonyl (C=O) groups excluding carboxylic acids is 1. The summed E-state index contributed by atoms with van der Waals surface area (Å²) in [6.45, 7) is 2.65. The van der Waals surface area contributed by atoms with E-state index in [-0.39, 0.29) is 55.1 Å². The fourth-order valence-corrected chi connectivity index (χ4v) is 7.04. The van der Waals surface area contributed by atoms with Crippen LogP contribution < -0.4 is 15.8 Å². The van der Waals surface area contributed by atoms with Gasteiger partial charge in [-0.3, -0.25) is 10.1 Å². The van der Waals surface area contributed by atoms with E-state index in [0.717, 1.165) is 40.4 Å². The van der Waals surface area contributed by atoms with Gasteiger partial charge in [0.05, 0.1) is 30.3 Å². The molecule has 5 unspecified atom stereocenters. The Morgan fingerprint density at radius 1 is 1.04 bits per heavy atom. The van der Waals surface area contributed by atoms with Crippen molar-refractivity contribution in [2.75, 3.05) is 6.54 Å². The van der Waals surface area contributed by atoms with Crippen molar-refractivity contribution in [1.82, 2.24) is 14.9 Å². The summed E-state index contributed by atoms with van der Waals surface area (Å²) in [5, 5.41) is 57.3. The number of fused-ring (bicyclic) bond motifs is 2. The van der Waals surface area contributed by atoms with Gasteiger partial charge in [-0.2, -0.15) is 0 Å². The van der Waals surface area contributed by atoms with E-state index in [1.54, 1.807) is 0 Å². The van der Waals surface area contributed by atoms with E-state index in [1.807, 2.05) is 66.5 Å². The van der Waals surface area contributed by atoms with Gasteiger partial charge in [-0.1, -0.05) is 73.7 Å². The van der Waals surface area contributed by atoms with E-state index in [1.165, 1.54) is 17.7 Å². The number of aliphatic hydroxyl groups is 3. The van der Waals surface area contributed by atoms with Crippen LogP contribution in [0.4, 0.5) is 0 Å². The number of aryl methyl sites for hydroxylation is 1. The summed E-state index contributed by atoms with van der Waals surface area (Å²) in [6.07, 6.45) is 5.16. The molecule has 3 heterocycles. The van der Waals surface area contributed by atoms with Crippen LogP contribution in [0.15, 0.2) is 79.3 Å². The molecule has 11 nitrogen and oxygen atoms in total. The van der Waals surface area contributed by atoms with Crippen LogP contribution in [0.25, 0.3) is 10.9 Å². The molecule has 1 aliphatic rings. The lowest BCUT2D eigenvalue weighted by Crippen LogP contribution is -2.30. The third-order valence-corrected chi connectivity index (χ3v) is 9.99. The summed E-state index contributed by atoms with van der Waals surface area (Å²) >= 11 is 0. The minimum absolute atomic E-state index is 0.0519. The Kier molecular flexibility index (Phi) is 12.7. The molecule has 3 aromatic carbocycles. The zero-order valence-corrected chi connectivity index (χ0v) is 30.5. The minimum Gasteiger partial charge on any atom is -0.508 e. The fourth-order valence-electron chi connectivity index (χ4n) is 7.04. The molecule has 0 radical (unpaired) electrons. The molecule has 6 rings (SSSR count). The molecule has 5 aromatic rings. The Labute approximate surface area is 315 Å². The second-order valence-electron chi connectivity index (χ2n) is 14.2. The van der Waals surface area contributed by atoms with Gasteiger partial charge >= 0.3 is 0 Å². The van der Waals surface area contributed by atoms with E-state index in [2.05, 4.69) is 34.3 Å². The zero-order valence-electron chi connectivity index (χ0n) is 30.5. The topological polar surface area (TPSA) is 186 Å². The summed E-state index contributed by atoms with van der Waals surface area (Å²) in [4.78, 5) is 16.0. The maximum atomic E-state index is 12.6. The number of ketones is 1. The largest absolute Gasteiger partial charge is 0.508 e. The summed E-state index contributed by atoms with van der Waals surface area (Å²) in [7, 11) is 0. The molecule has 284 valence electrons. The number of H-pyrrole nitrogens is 1. The minimum atomic E-state index is -1.07. The Bertz CT molecular complexity index is 2100. The number of rotatable bonds is 16. The molecular formula is C43H50N4O7. The van der Waals surface area contributed by atoms with Crippen molar-refractivity contribution in [3.8, 4) is 29.1 Å². The Hall–Kier alpha value is -5.09. The van der Waals surface area contributed by atoms with Crippen LogP contribution in [0.3, 0.4) is 0 Å². The van der Waals surface area contributed by atoms with Gasteiger partial charge in [0, 0.05) is 55.9 Å². The second kappa shape index (κ2) is 17.8. The molecule has 2 bridgehead atoms. The number of phenols is 2. The highest BCUT2D eigenvalue weighted by molar-refractivity contribution is 5.83. The van der Waals surface area contributed by atoms with E-state index in [0.29, 0.717) is 30.5 Å². The van der Waals surface area contributed by atoms with Crippen molar-refractivity contribution in [1.29, 1.82) is 0 Å². The summed E-state index contributed by atoms with van der Waals surface area (Å²) in [5.41, 5.74) is 12.6. The first-order valence-corrected chi connectivity index (χ1v) is 18.7. The SMILES string of the molecule is CCCC(O)CC(O)CC(=O)CCc1cc(OC2CC#CC(O)c3ccc(C(N)NCCc4ccccc4)cc3Cc3c[nH]c4cn2cc34)c(O)cc1O. The van der Waals surface area contributed by atoms with Crippen LogP contribution in [-0.4, -0.2) is 59.6 Å². The van der Waals surface area contributed by atoms with Crippen molar-refractivity contribution in [3.05, 3.63) is 113 Å². The first-order valence-electron chi connectivity index (χ1n) is 18.7. The third kappa shape index (κ3) is 9.71. The molecule has 2 aromatic heterocycles. The standard InChI is InChI=1S/C43H50N4O7/c1-2-7-32(48)21-34(50)22-33(49)14-12-28-20-41(40(53)23-39(28)52)54-42-11-6-10-38(51)35-15-13-29(43(44)45-17-16-27-8-4-3-5-9-27)18-30(35)19-31-24-46-37-26-47(42)25-36(31)37/h3-5,8-9,13,15,18,20,23-26,32,34,38,42-43,45-46,48,50-53H,2,7,11-12,14,16-17,19,21-22,44H2,1H3. The lowest BCUT2D eigenvalue weighted by molar-refractivity contribution is -0.121. The van der Waals surface area contributed by atoms with Crippen LogP contribution in [0, 0.1) is 11.8 Å². The number of nitrogens with zero attached hydrogens (tertiary/aromatic N) is 1. The second-order valence-corrected chi connectivity index (χ2v) is 14.2. The maximum Gasteiger partial charge on any atom is 0.186 e. The predicted octanol–water partition coefficient (Wildman–Crippen LogP) is 5.58. The van der Waals surface area contributed by atoms with Gasteiger partial charge in [0.15, 0.2) is 17.7 Å². The lowest BCUT2D eigenvalue weighted by Gasteiger charge is -2.21. The highest BCUT2D eigenvalue weighted by Crippen LogP contribution is 2.37. The van der Waals surface area contributed by atoms with Gasteiger partial charge in [-0.15, -0.1) is 0 Å². The number of hydrogen-bond acceptors (Lipinski definition) is 9. The van der Waals surface area contributed by atoms with Crippen molar-refractivity contribution in [3.63, 3.8) is 0 Å². The van der Waals surface area contributed by atoms with E-state index in [9.17, 15) is 30.3 Å². The number of phenolic OH excluding ortho intramolecular Hbond substituents is 2. The van der Waals surface area contributed by atoms with Crippen LogP contribution in [0.1, 0.15) is 97.3 Å². The quantitative estimate of drug-likeness (QED) is 0.0473. The van der Waals surface area contributed by atoms with Crippen LogP contribution in [-0.2, 0) is 24.1 Å². The van der Waals surface area contributed by atoms with E-state index < -0.39 is 30.7 Å². The smallest absolute Gasteiger partial charge is 0.186 e. The number of carbonyl (C=O) groups is 1.